The van der Waals surface area contributed by atoms with E-state index in [4.69, 9.17) is 10.1 Å². The van der Waals surface area contributed by atoms with Gasteiger partial charge in [0.05, 0.1) is 22.2 Å². The lowest BCUT2D eigenvalue weighted by Crippen LogP contribution is -2.35. The monoisotopic (exact) mass is 344 g/mol. The zero-order chi connectivity index (χ0) is 16.7. The molecule has 0 bridgehead atoms. The van der Waals surface area contributed by atoms with Crippen LogP contribution in [0.3, 0.4) is 0 Å². The van der Waals surface area contributed by atoms with Gasteiger partial charge in [-0.05, 0) is 44.2 Å². The molecule has 4 rings (SSSR count). The largest absolute Gasteiger partial charge is 0.481 e. The standard InChI is InChI=1S/C18H20N2O3S/c21-17(11-7-8-12(10-11)18(22)23)20-9-3-5-14(20)16-19-13-4-1-2-6-15(13)24-16/h1-2,4,6,11-12,14H,3,5,7-10H2,(H,22,23)/t11-,12+,14?/m0/s1. The van der Waals surface area contributed by atoms with E-state index in [2.05, 4.69) is 6.07 Å². The van der Waals surface area contributed by atoms with E-state index in [1.807, 2.05) is 23.1 Å². The number of hydrogen-bond donors (Lipinski definition) is 1. The van der Waals surface area contributed by atoms with Crippen molar-refractivity contribution in [1.29, 1.82) is 0 Å². The average Bonchev–Trinajstić information content (AvgIpc) is 3.30. The highest BCUT2D eigenvalue weighted by atomic mass is 32.1. The van der Waals surface area contributed by atoms with Crippen LogP contribution in [0.15, 0.2) is 24.3 Å². The van der Waals surface area contributed by atoms with Gasteiger partial charge in [-0.1, -0.05) is 12.1 Å². The average molecular weight is 344 g/mol. The number of nitrogens with zero attached hydrogens (tertiary/aromatic N) is 2. The molecule has 5 nitrogen and oxygen atoms in total. The van der Waals surface area contributed by atoms with Crippen molar-refractivity contribution >= 4 is 33.4 Å². The van der Waals surface area contributed by atoms with Crippen LogP contribution in [0.5, 0.6) is 0 Å². The molecule has 1 aromatic carbocycles. The first-order valence-corrected chi connectivity index (χ1v) is 9.34. The van der Waals surface area contributed by atoms with Crippen molar-refractivity contribution in [3.05, 3.63) is 29.3 Å². The van der Waals surface area contributed by atoms with E-state index in [0.717, 1.165) is 34.6 Å². The Morgan fingerprint density at radius 2 is 1.96 bits per heavy atom. The lowest BCUT2D eigenvalue weighted by atomic mass is 10.0. The van der Waals surface area contributed by atoms with Crippen LogP contribution in [0.1, 0.15) is 43.2 Å². The maximum absolute atomic E-state index is 12.9. The summed E-state index contributed by atoms with van der Waals surface area (Å²) in [7, 11) is 0. The number of hydrogen-bond acceptors (Lipinski definition) is 4. The first-order valence-electron chi connectivity index (χ1n) is 8.52. The van der Waals surface area contributed by atoms with Crippen molar-refractivity contribution in [2.45, 2.75) is 38.1 Å². The summed E-state index contributed by atoms with van der Waals surface area (Å²) in [6, 6.07) is 8.11. The molecule has 1 amide bonds. The fraction of sp³-hybridized carbons (Fsp3) is 0.500. The zero-order valence-electron chi connectivity index (χ0n) is 13.4. The molecule has 3 atom stereocenters. The fourth-order valence-corrected chi connectivity index (χ4v) is 5.10. The van der Waals surface area contributed by atoms with Gasteiger partial charge in [0.1, 0.15) is 5.01 Å². The Kier molecular flexibility index (Phi) is 4.00. The van der Waals surface area contributed by atoms with Crippen LogP contribution < -0.4 is 0 Å². The Hall–Kier alpha value is -1.95. The van der Waals surface area contributed by atoms with E-state index in [-0.39, 0.29) is 23.8 Å². The third-order valence-electron chi connectivity index (χ3n) is 5.26. The second-order valence-corrected chi connectivity index (χ2v) is 7.82. The molecule has 1 aromatic heterocycles. The molecule has 2 heterocycles. The first kappa shape index (κ1) is 15.6. The van der Waals surface area contributed by atoms with Crippen molar-refractivity contribution < 1.29 is 14.7 Å². The van der Waals surface area contributed by atoms with Gasteiger partial charge in [0.15, 0.2) is 0 Å². The molecule has 1 N–H and O–H groups in total. The molecule has 1 aliphatic heterocycles. The molecule has 2 aromatic rings. The fourth-order valence-electron chi connectivity index (χ4n) is 3.98. The first-order chi connectivity index (χ1) is 11.6. The van der Waals surface area contributed by atoms with Gasteiger partial charge in [-0.2, -0.15) is 0 Å². The quantitative estimate of drug-likeness (QED) is 0.926. The topological polar surface area (TPSA) is 70.5 Å². The van der Waals surface area contributed by atoms with E-state index in [9.17, 15) is 9.59 Å². The van der Waals surface area contributed by atoms with Crippen LogP contribution in [0.25, 0.3) is 10.2 Å². The summed E-state index contributed by atoms with van der Waals surface area (Å²) in [6.07, 6.45) is 3.73. The number of aromatic nitrogens is 1. The number of rotatable bonds is 3. The molecular formula is C18H20N2O3S. The van der Waals surface area contributed by atoms with Crippen molar-refractivity contribution in [2.24, 2.45) is 11.8 Å². The summed E-state index contributed by atoms with van der Waals surface area (Å²) < 4.78 is 1.15. The summed E-state index contributed by atoms with van der Waals surface area (Å²) in [5, 5.41) is 10.2. The summed E-state index contributed by atoms with van der Waals surface area (Å²) >= 11 is 1.66. The Bertz CT molecular complexity index is 754. The number of aliphatic carboxylic acids is 1. The maximum Gasteiger partial charge on any atom is 0.306 e. The van der Waals surface area contributed by atoms with Gasteiger partial charge < -0.3 is 10.0 Å². The van der Waals surface area contributed by atoms with Crippen LogP contribution in [0.4, 0.5) is 0 Å². The molecule has 1 saturated heterocycles. The molecule has 2 aliphatic rings. The molecule has 0 radical (unpaired) electrons. The van der Waals surface area contributed by atoms with Crippen molar-refractivity contribution in [3.63, 3.8) is 0 Å². The Labute approximate surface area is 144 Å². The van der Waals surface area contributed by atoms with Crippen LogP contribution in [-0.4, -0.2) is 33.4 Å². The summed E-state index contributed by atoms with van der Waals surface area (Å²) in [6.45, 7) is 0.758. The maximum atomic E-state index is 12.9. The Morgan fingerprint density at radius 1 is 1.17 bits per heavy atom. The minimum absolute atomic E-state index is 0.0544. The zero-order valence-corrected chi connectivity index (χ0v) is 14.2. The van der Waals surface area contributed by atoms with E-state index < -0.39 is 5.97 Å². The van der Waals surface area contributed by atoms with Gasteiger partial charge >= 0.3 is 5.97 Å². The second kappa shape index (κ2) is 6.16. The Balaban J connectivity index is 1.54. The third kappa shape index (κ3) is 2.69. The van der Waals surface area contributed by atoms with Gasteiger partial charge in [-0.15, -0.1) is 11.3 Å². The van der Waals surface area contributed by atoms with Crippen molar-refractivity contribution in [3.8, 4) is 0 Å². The number of thiazole rings is 1. The smallest absolute Gasteiger partial charge is 0.306 e. The SMILES string of the molecule is O=C(O)[C@@H]1CC[C@H](C(=O)N2CCCC2c2nc3ccccc3s2)C1. The van der Waals surface area contributed by atoms with Gasteiger partial charge in [-0.3, -0.25) is 9.59 Å². The van der Waals surface area contributed by atoms with E-state index in [0.29, 0.717) is 19.3 Å². The molecule has 1 aliphatic carbocycles. The van der Waals surface area contributed by atoms with Crippen molar-refractivity contribution in [1.82, 2.24) is 9.88 Å². The molecule has 24 heavy (non-hydrogen) atoms. The second-order valence-electron chi connectivity index (χ2n) is 6.75. The van der Waals surface area contributed by atoms with Gasteiger partial charge in [0.25, 0.3) is 0 Å². The minimum atomic E-state index is -0.769. The van der Waals surface area contributed by atoms with Crippen LogP contribution in [0.2, 0.25) is 0 Å². The highest BCUT2D eigenvalue weighted by molar-refractivity contribution is 7.18. The normalized spacial score (nSPS) is 27.0. The van der Waals surface area contributed by atoms with Gasteiger partial charge in [-0.25, -0.2) is 4.98 Å². The lowest BCUT2D eigenvalue weighted by molar-refractivity contribution is -0.141. The number of carboxylic acids is 1. The minimum Gasteiger partial charge on any atom is -0.481 e. The highest BCUT2D eigenvalue weighted by Gasteiger charge is 2.40. The van der Waals surface area contributed by atoms with Gasteiger partial charge in [0, 0.05) is 12.5 Å². The molecule has 6 heteroatoms. The molecule has 1 unspecified atom stereocenters. The van der Waals surface area contributed by atoms with E-state index >= 15 is 0 Å². The van der Waals surface area contributed by atoms with Crippen LogP contribution in [-0.2, 0) is 9.59 Å². The summed E-state index contributed by atoms with van der Waals surface area (Å²) in [5.74, 6) is -1.14. The van der Waals surface area contributed by atoms with Crippen LogP contribution in [0, 0.1) is 11.8 Å². The van der Waals surface area contributed by atoms with Gasteiger partial charge in [0.2, 0.25) is 5.91 Å². The molecule has 2 fully saturated rings. The van der Waals surface area contributed by atoms with E-state index in [1.54, 1.807) is 11.3 Å². The number of para-hydroxylation sites is 1. The number of carbonyl (C=O) groups excluding carboxylic acids is 1. The summed E-state index contributed by atoms with van der Waals surface area (Å²) in [4.78, 5) is 30.7. The molecule has 1 saturated carbocycles. The molecule has 0 spiro atoms. The third-order valence-corrected chi connectivity index (χ3v) is 6.40. The Morgan fingerprint density at radius 3 is 2.71 bits per heavy atom. The predicted octanol–water partition coefficient (Wildman–Crippen LogP) is 3.46. The summed E-state index contributed by atoms with van der Waals surface area (Å²) in [5.41, 5.74) is 0.989. The highest BCUT2D eigenvalue weighted by Crippen LogP contribution is 2.40. The number of carboxylic acid groups (broad SMARTS) is 1. The molecule has 126 valence electrons. The number of benzene rings is 1. The van der Waals surface area contributed by atoms with Crippen LogP contribution >= 0.6 is 11.3 Å². The van der Waals surface area contributed by atoms with Crippen molar-refractivity contribution in [2.75, 3.05) is 6.54 Å². The predicted molar refractivity (Wildman–Crippen MR) is 91.8 cm³/mol. The lowest BCUT2D eigenvalue weighted by Gasteiger charge is -2.26. The molecular weight excluding hydrogens is 324 g/mol. The van der Waals surface area contributed by atoms with E-state index in [1.165, 1.54) is 0 Å². The number of fused-ring (bicyclic) bond motifs is 1. The number of carbonyl (C=O) groups is 2. The number of amides is 1. The number of likely N-dealkylation sites (tertiary alicyclic amines) is 1.